The number of benzene rings is 1. The van der Waals surface area contributed by atoms with E-state index in [0.717, 1.165) is 25.6 Å². The summed E-state index contributed by atoms with van der Waals surface area (Å²) in [4.78, 5) is 13.5. The third-order valence-electron chi connectivity index (χ3n) is 3.30. The molecule has 0 aliphatic carbocycles. The number of halogens is 1. The molecule has 1 fully saturated rings. The van der Waals surface area contributed by atoms with Gasteiger partial charge in [0.25, 0.3) is 5.24 Å². The van der Waals surface area contributed by atoms with Gasteiger partial charge in [0.1, 0.15) is 0 Å². The fourth-order valence-electron chi connectivity index (χ4n) is 2.48. The highest BCUT2D eigenvalue weighted by Gasteiger charge is 2.16. The van der Waals surface area contributed by atoms with E-state index in [-0.39, 0.29) is 5.24 Å². The SMILES string of the molecule is CC1CCCN(Cc2cccc(C(=O)Cl)c2)C1. The fourth-order valence-corrected chi connectivity index (χ4v) is 2.60. The van der Waals surface area contributed by atoms with Crippen molar-refractivity contribution in [2.45, 2.75) is 26.3 Å². The third-order valence-corrected chi connectivity index (χ3v) is 3.52. The molecule has 1 aromatic rings. The molecule has 1 saturated heterocycles. The van der Waals surface area contributed by atoms with Gasteiger partial charge in [0.05, 0.1) is 0 Å². The molecule has 3 heteroatoms. The lowest BCUT2D eigenvalue weighted by molar-refractivity contribution is 0.108. The van der Waals surface area contributed by atoms with Crippen LogP contribution in [0, 0.1) is 5.92 Å². The lowest BCUT2D eigenvalue weighted by Gasteiger charge is -2.30. The molecule has 1 heterocycles. The molecule has 0 spiro atoms. The van der Waals surface area contributed by atoms with Crippen LogP contribution in [-0.4, -0.2) is 23.2 Å². The zero-order valence-electron chi connectivity index (χ0n) is 10.2. The van der Waals surface area contributed by atoms with Crippen LogP contribution in [0.5, 0.6) is 0 Å². The minimum atomic E-state index is -0.376. The lowest BCUT2D eigenvalue weighted by atomic mass is 9.99. The summed E-state index contributed by atoms with van der Waals surface area (Å²) in [5.74, 6) is 0.779. The van der Waals surface area contributed by atoms with Gasteiger partial charge in [-0.05, 0) is 48.5 Å². The molecule has 0 aromatic heterocycles. The van der Waals surface area contributed by atoms with E-state index in [2.05, 4.69) is 17.9 Å². The Bertz CT molecular complexity index is 405. The highest BCUT2D eigenvalue weighted by Crippen LogP contribution is 2.18. The first-order chi connectivity index (χ1) is 8.15. The van der Waals surface area contributed by atoms with Crippen molar-refractivity contribution >= 4 is 16.8 Å². The van der Waals surface area contributed by atoms with E-state index in [1.165, 1.54) is 18.4 Å². The Morgan fingerprint density at radius 3 is 3.06 bits per heavy atom. The normalized spacial score (nSPS) is 21.4. The number of piperidine rings is 1. The highest BCUT2D eigenvalue weighted by molar-refractivity contribution is 6.67. The zero-order chi connectivity index (χ0) is 12.3. The van der Waals surface area contributed by atoms with Gasteiger partial charge >= 0.3 is 0 Å². The Labute approximate surface area is 108 Å². The lowest BCUT2D eigenvalue weighted by Crippen LogP contribution is -2.33. The molecule has 92 valence electrons. The molecule has 1 aromatic carbocycles. The smallest absolute Gasteiger partial charge is 0.252 e. The van der Waals surface area contributed by atoms with E-state index >= 15 is 0 Å². The first kappa shape index (κ1) is 12.6. The number of carbonyl (C=O) groups excluding carboxylic acids is 1. The number of likely N-dealkylation sites (tertiary alicyclic amines) is 1. The second kappa shape index (κ2) is 5.65. The molecule has 2 nitrogen and oxygen atoms in total. The number of hydrogen-bond acceptors (Lipinski definition) is 2. The zero-order valence-corrected chi connectivity index (χ0v) is 10.9. The van der Waals surface area contributed by atoms with Crippen LogP contribution in [0.15, 0.2) is 24.3 Å². The van der Waals surface area contributed by atoms with Gasteiger partial charge in [0, 0.05) is 18.7 Å². The number of hydrogen-bond donors (Lipinski definition) is 0. The first-order valence-electron chi connectivity index (χ1n) is 6.16. The second-order valence-corrected chi connectivity index (χ2v) is 5.30. The van der Waals surface area contributed by atoms with Crippen molar-refractivity contribution < 1.29 is 4.79 Å². The molecule has 2 rings (SSSR count). The van der Waals surface area contributed by atoms with Crippen LogP contribution >= 0.6 is 11.6 Å². The topological polar surface area (TPSA) is 20.3 Å². The molecule has 1 unspecified atom stereocenters. The summed E-state index contributed by atoms with van der Waals surface area (Å²) in [6.45, 7) is 5.52. The second-order valence-electron chi connectivity index (χ2n) is 4.96. The standard InChI is InChI=1S/C14H18ClNO/c1-11-4-3-7-16(9-11)10-12-5-2-6-13(8-12)14(15)17/h2,5-6,8,11H,3-4,7,9-10H2,1H3. The molecular weight excluding hydrogens is 234 g/mol. The molecule has 0 amide bonds. The maximum absolute atomic E-state index is 11.1. The van der Waals surface area contributed by atoms with Crippen molar-refractivity contribution in [3.63, 3.8) is 0 Å². The predicted octanol–water partition coefficient (Wildman–Crippen LogP) is 3.30. The molecule has 17 heavy (non-hydrogen) atoms. The summed E-state index contributed by atoms with van der Waals surface area (Å²) in [5, 5.41) is -0.376. The molecular formula is C14H18ClNO. The third kappa shape index (κ3) is 3.55. The van der Waals surface area contributed by atoms with Gasteiger partial charge in [-0.2, -0.15) is 0 Å². The van der Waals surface area contributed by atoms with Crippen molar-refractivity contribution in [3.05, 3.63) is 35.4 Å². The molecule has 0 saturated carbocycles. The molecule has 1 aliphatic rings. The average Bonchev–Trinajstić information content (AvgIpc) is 2.29. The van der Waals surface area contributed by atoms with Gasteiger partial charge in [-0.3, -0.25) is 9.69 Å². The minimum absolute atomic E-state index is 0.376. The van der Waals surface area contributed by atoms with Crippen LogP contribution in [0.2, 0.25) is 0 Å². The van der Waals surface area contributed by atoms with Crippen molar-refractivity contribution in [2.75, 3.05) is 13.1 Å². The Morgan fingerprint density at radius 2 is 2.35 bits per heavy atom. The fraction of sp³-hybridized carbons (Fsp3) is 0.500. The maximum Gasteiger partial charge on any atom is 0.252 e. The Morgan fingerprint density at radius 1 is 1.53 bits per heavy atom. The maximum atomic E-state index is 11.1. The molecule has 1 aliphatic heterocycles. The monoisotopic (exact) mass is 251 g/mol. The van der Waals surface area contributed by atoms with Crippen molar-refractivity contribution in [2.24, 2.45) is 5.92 Å². The van der Waals surface area contributed by atoms with Crippen LogP contribution in [0.1, 0.15) is 35.7 Å². The summed E-state index contributed by atoms with van der Waals surface area (Å²) in [6, 6.07) is 7.62. The molecule has 0 radical (unpaired) electrons. The Balaban J connectivity index is 2.02. The van der Waals surface area contributed by atoms with Crippen LogP contribution in [0.25, 0.3) is 0 Å². The van der Waals surface area contributed by atoms with Gasteiger partial charge in [-0.25, -0.2) is 0 Å². The van der Waals surface area contributed by atoms with Gasteiger partial charge in [0.2, 0.25) is 0 Å². The van der Waals surface area contributed by atoms with E-state index in [1.54, 1.807) is 6.07 Å². The molecule has 0 N–H and O–H groups in total. The number of rotatable bonds is 3. The van der Waals surface area contributed by atoms with E-state index in [0.29, 0.717) is 5.56 Å². The van der Waals surface area contributed by atoms with Gasteiger partial charge in [-0.1, -0.05) is 25.1 Å². The Kier molecular flexibility index (Phi) is 4.19. The summed E-state index contributed by atoms with van der Waals surface area (Å²) in [5.41, 5.74) is 1.76. The van der Waals surface area contributed by atoms with E-state index < -0.39 is 0 Å². The van der Waals surface area contributed by atoms with E-state index in [4.69, 9.17) is 11.6 Å². The molecule has 1 atom stereocenters. The van der Waals surface area contributed by atoms with Crippen LogP contribution < -0.4 is 0 Å². The van der Waals surface area contributed by atoms with E-state index in [9.17, 15) is 4.79 Å². The Hall–Kier alpha value is -0.860. The average molecular weight is 252 g/mol. The van der Waals surface area contributed by atoms with Crippen LogP contribution in [-0.2, 0) is 6.54 Å². The highest BCUT2D eigenvalue weighted by atomic mass is 35.5. The van der Waals surface area contributed by atoms with E-state index in [1.807, 2.05) is 12.1 Å². The van der Waals surface area contributed by atoms with Crippen LogP contribution in [0.3, 0.4) is 0 Å². The van der Waals surface area contributed by atoms with Gasteiger partial charge in [0.15, 0.2) is 0 Å². The largest absolute Gasteiger partial charge is 0.299 e. The predicted molar refractivity (Wildman–Crippen MR) is 70.3 cm³/mol. The summed E-state index contributed by atoms with van der Waals surface area (Å²) >= 11 is 5.49. The molecule has 0 bridgehead atoms. The first-order valence-corrected chi connectivity index (χ1v) is 6.54. The van der Waals surface area contributed by atoms with Gasteiger partial charge < -0.3 is 0 Å². The van der Waals surface area contributed by atoms with Crippen molar-refractivity contribution in [3.8, 4) is 0 Å². The quantitative estimate of drug-likeness (QED) is 0.769. The van der Waals surface area contributed by atoms with Gasteiger partial charge in [-0.15, -0.1) is 0 Å². The van der Waals surface area contributed by atoms with Crippen molar-refractivity contribution in [1.29, 1.82) is 0 Å². The summed E-state index contributed by atoms with van der Waals surface area (Å²) in [6.07, 6.45) is 2.60. The number of carbonyl (C=O) groups is 1. The number of nitrogens with zero attached hydrogens (tertiary/aromatic N) is 1. The summed E-state index contributed by atoms with van der Waals surface area (Å²) < 4.78 is 0. The summed E-state index contributed by atoms with van der Waals surface area (Å²) in [7, 11) is 0. The van der Waals surface area contributed by atoms with Crippen LogP contribution in [0.4, 0.5) is 0 Å². The van der Waals surface area contributed by atoms with Crippen molar-refractivity contribution in [1.82, 2.24) is 4.90 Å². The minimum Gasteiger partial charge on any atom is -0.299 e.